The molecule has 0 N–H and O–H groups in total. The minimum Gasteiger partial charge on any atom is -0.348 e. The van der Waals surface area contributed by atoms with Gasteiger partial charge in [0.2, 0.25) is 11.9 Å². The molecular weight excluding hydrogens is 302 g/mol. The van der Waals surface area contributed by atoms with Crippen molar-refractivity contribution in [3.63, 3.8) is 0 Å². The Morgan fingerprint density at radius 1 is 1.12 bits per heavy atom. The van der Waals surface area contributed by atoms with Gasteiger partial charge in [-0.05, 0) is 44.2 Å². The summed E-state index contributed by atoms with van der Waals surface area (Å²) in [6.45, 7) is 3.66. The number of hydrogen-bond acceptors (Lipinski definition) is 5. The largest absolute Gasteiger partial charge is 0.348 e. The van der Waals surface area contributed by atoms with Crippen LogP contribution in [0.3, 0.4) is 0 Å². The van der Waals surface area contributed by atoms with Crippen LogP contribution in [0.25, 0.3) is 0 Å². The van der Waals surface area contributed by atoms with Gasteiger partial charge in [-0.3, -0.25) is 9.69 Å². The number of likely N-dealkylation sites (N-methyl/N-ethyl adjacent to an activating group) is 1. The molecule has 3 heterocycles. The molecule has 2 saturated heterocycles. The molecule has 0 radical (unpaired) electrons. The third-order valence-electron chi connectivity index (χ3n) is 5.42. The molecule has 0 bridgehead atoms. The van der Waals surface area contributed by atoms with E-state index < -0.39 is 0 Å². The maximum Gasteiger partial charge on any atom is 0.236 e. The van der Waals surface area contributed by atoms with Crippen LogP contribution in [-0.2, 0) is 4.79 Å². The predicted octanol–water partition coefficient (Wildman–Crippen LogP) is 1.64. The third-order valence-corrected chi connectivity index (χ3v) is 5.42. The molecule has 2 aliphatic rings. The van der Waals surface area contributed by atoms with E-state index in [0.717, 1.165) is 38.4 Å². The molecule has 2 aliphatic heterocycles. The second-order valence-electron chi connectivity index (χ2n) is 7.20. The Hall–Kier alpha value is -1.69. The van der Waals surface area contributed by atoms with Crippen LogP contribution in [0.1, 0.15) is 32.1 Å². The fourth-order valence-electron chi connectivity index (χ4n) is 4.00. The van der Waals surface area contributed by atoms with Gasteiger partial charge in [0.1, 0.15) is 0 Å². The van der Waals surface area contributed by atoms with Crippen LogP contribution in [0, 0.1) is 5.92 Å². The minimum absolute atomic E-state index is 0.219. The molecule has 24 heavy (non-hydrogen) atoms. The Balaban J connectivity index is 1.58. The lowest BCUT2D eigenvalue weighted by Gasteiger charge is -2.43. The van der Waals surface area contributed by atoms with E-state index in [0.29, 0.717) is 18.5 Å². The summed E-state index contributed by atoms with van der Waals surface area (Å²) in [4.78, 5) is 27.3. The smallest absolute Gasteiger partial charge is 0.236 e. The first-order chi connectivity index (χ1) is 11.6. The number of aromatic nitrogens is 2. The van der Waals surface area contributed by atoms with E-state index in [1.54, 1.807) is 4.90 Å². The number of amides is 1. The lowest BCUT2D eigenvalue weighted by Crippen LogP contribution is -2.51. The number of carbonyl (C=O) groups is 1. The molecule has 1 amide bonds. The topological polar surface area (TPSA) is 52.6 Å². The van der Waals surface area contributed by atoms with Crippen molar-refractivity contribution in [2.45, 2.75) is 38.1 Å². The first-order valence-electron chi connectivity index (χ1n) is 9.11. The minimum atomic E-state index is 0.219. The van der Waals surface area contributed by atoms with Crippen LogP contribution in [0.4, 0.5) is 5.95 Å². The highest BCUT2D eigenvalue weighted by molar-refractivity contribution is 5.77. The Morgan fingerprint density at radius 3 is 2.50 bits per heavy atom. The number of rotatable bonds is 4. The van der Waals surface area contributed by atoms with Gasteiger partial charge in [0.15, 0.2) is 0 Å². The van der Waals surface area contributed by atoms with Crippen molar-refractivity contribution < 1.29 is 4.79 Å². The molecule has 1 aromatic heterocycles. The zero-order chi connectivity index (χ0) is 16.9. The summed E-state index contributed by atoms with van der Waals surface area (Å²) in [5.74, 6) is 1.75. The van der Waals surface area contributed by atoms with Crippen molar-refractivity contribution in [3.05, 3.63) is 18.5 Å². The molecule has 0 unspecified atom stereocenters. The summed E-state index contributed by atoms with van der Waals surface area (Å²) in [6.07, 6.45) is 9.68. The molecule has 132 valence electrons. The zero-order valence-corrected chi connectivity index (χ0v) is 14.9. The molecule has 2 fully saturated rings. The van der Waals surface area contributed by atoms with Crippen LogP contribution < -0.4 is 4.90 Å². The molecule has 0 spiro atoms. The van der Waals surface area contributed by atoms with Gasteiger partial charge in [0.05, 0.1) is 6.54 Å². The van der Waals surface area contributed by atoms with Gasteiger partial charge in [-0.2, -0.15) is 0 Å². The molecule has 0 aromatic carbocycles. The highest BCUT2D eigenvalue weighted by Gasteiger charge is 2.33. The van der Waals surface area contributed by atoms with Crippen LogP contribution in [-0.4, -0.2) is 72.0 Å². The molecular formula is C18H29N5O. The lowest BCUT2D eigenvalue weighted by atomic mass is 9.83. The number of piperidine rings is 2. The molecule has 1 aromatic rings. The highest BCUT2D eigenvalue weighted by atomic mass is 16.2. The summed E-state index contributed by atoms with van der Waals surface area (Å²) < 4.78 is 0. The average Bonchev–Trinajstić information content (AvgIpc) is 2.63. The number of hydrogen-bond donors (Lipinski definition) is 0. The number of anilines is 1. The number of carbonyl (C=O) groups excluding carboxylic acids is 1. The SMILES string of the molecule is CN(C)C(=O)CN1CCCC[C@H]1C1CCN(c2ncccn2)CC1. The van der Waals surface area contributed by atoms with Crippen LogP contribution in [0.15, 0.2) is 18.5 Å². The summed E-state index contributed by atoms with van der Waals surface area (Å²) >= 11 is 0. The van der Waals surface area contributed by atoms with Gasteiger partial charge in [-0.15, -0.1) is 0 Å². The van der Waals surface area contributed by atoms with Gasteiger partial charge >= 0.3 is 0 Å². The van der Waals surface area contributed by atoms with E-state index in [1.807, 2.05) is 32.6 Å². The third kappa shape index (κ3) is 4.04. The Morgan fingerprint density at radius 2 is 1.83 bits per heavy atom. The maximum atomic E-state index is 12.1. The van der Waals surface area contributed by atoms with Crippen molar-refractivity contribution in [1.29, 1.82) is 0 Å². The predicted molar refractivity (Wildman–Crippen MR) is 94.9 cm³/mol. The maximum absolute atomic E-state index is 12.1. The van der Waals surface area contributed by atoms with Gasteiger partial charge in [-0.1, -0.05) is 6.42 Å². The number of likely N-dealkylation sites (tertiary alicyclic amines) is 1. The molecule has 0 aliphatic carbocycles. The monoisotopic (exact) mass is 331 g/mol. The van der Waals surface area contributed by atoms with Crippen molar-refractivity contribution in [1.82, 2.24) is 19.8 Å². The lowest BCUT2D eigenvalue weighted by molar-refractivity contribution is -0.131. The van der Waals surface area contributed by atoms with Crippen LogP contribution >= 0.6 is 0 Å². The summed E-state index contributed by atoms with van der Waals surface area (Å²) in [6, 6.07) is 2.42. The summed E-state index contributed by atoms with van der Waals surface area (Å²) in [5.41, 5.74) is 0. The first kappa shape index (κ1) is 17.1. The van der Waals surface area contributed by atoms with E-state index in [4.69, 9.17) is 0 Å². The molecule has 0 saturated carbocycles. The van der Waals surface area contributed by atoms with Crippen LogP contribution in [0.2, 0.25) is 0 Å². The van der Waals surface area contributed by atoms with Gasteiger partial charge in [0, 0.05) is 45.6 Å². The molecule has 6 heteroatoms. The highest BCUT2D eigenvalue weighted by Crippen LogP contribution is 2.31. The number of nitrogens with zero attached hydrogens (tertiary/aromatic N) is 5. The van der Waals surface area contributed by atoms with Gasteiger partial charge < -0.3 is 9.80 Å². The Kier molecular flexibility index (Phi) is 5.66. The van der Waals surface area contributed by atoms with E-state index >= 15 is 0 Å². The van der Waals surface area contributed by atoms with E-state index in [-0.39, 0.29) is 5.91 Å². The fraction of sp³-hybridized carbons (Fsp3) is 0.722. The van der Waals surface area contributed by atoms with E-state index in [9.17, 15) is 4.79 Å². The first-order valence-corrected chi connectivity index (χ1v) is 9.11. The molecule has 1 atom stereocenters. The average molecular weight is 331 g/mol. The summed E-state index contributed by atoms with van der Waals surface area (Å²) in [7, 11) is 3.69. The van der Waals surface area contributed by atoms with Crippen molar-refractivity contribution in [2.24, 2.45) is 5.92 Å². The second-order valence-corrected chi connectivity index (χ2v) is 7.20. The zero-order valence-electron chi connectivity index (χ0n) is 14.9. The molecule has 6 nitrogen and oxygen atoms in total. The van der Waals surface area contributed by atoms with Gasteiger partial charge in [0.25, 0.3) is 0 Å². The Bertz CT molecular complexity index is 527. The Labute approximate surface area is 144 Å². The van der Waals surface area contributed by atoms with Crippen molar-refractivity contribution in [2.75, 3.05) is 45.2 Å². The fourth-order valence-corrected chi connectivity index (χ4v) is 4.00. The molecule has 3 rings (SSSR count). The normalized spacial score (nSPS) is 23.2. The van der Waals surface area contributed by atoms with Crippen molar-refractivity contribution >= 4 is 11.9 Å². The standard InChI is InChI=1S/C18H29N5O/c1-21(2)17(24)14-23-11-4-3-6-16(23)15-7-12-22(13-8-15)18-19-9-5-10-20-18/h5,9-10,15-16H,3-4,6-8,11-14H2,1-2H3/t16-/m0/s1. The summed E-state index contributed by atoms with van der Waals surface area (Å²) in [5, 5.41) is 0. The van der Waals surface area contributed by atoms with Gasteiger partial charge in [-0.25, -0.2) is 9.97 Å². The second kappa shape index (κ2) is 7.92. The van der Waals surface area contributed by atoms with Crippen LogP contribution in [0.5, 0.6) is 0 Å². The van der Waals surface area contributed by atoms with Crippen molar-refractivity contribution in [3.8, 4) is 0 Å². The van der Waals surface area contributed by atoms with E-state index in [1.165, 1.54) is 19.3 Å². The van der Waals surface area contributed by atoms with E-state index in [2.05, 4.69) is 19.8 Å². The quantitative estimate of drug-likeness (QED) is 0.839.